The zero-order valence-electron chi connectivity index (χ0n) is 12.9. The number of hydrogen-bond donors (Lipinski definition) is 1. The third-order valence-corrected chi connectivity index (χ3v) is 3.70. The quantitative estimate of drug-likeness (QED) is 0.861. The Hall–Kier alpha value is -1.96. The van der Waals surface area contributed by atoms with E-state index < -0.39 is 0 Å². The molecule has 0 saturated heterocycles. The highest BCUT2D eigenvalue weighted by molar-refractivity contribution is 5.55. The van der Waals surface area contributed by atoms with Gasteiger partial charge in [-0.15, -0.1) is 0 Å². The highest BCUT2D eigenvalue weighted by Gasteiger charge is 2.10. The lowest BCUT2D eigenvalue weighted by molar-refractivity contribution is 0.414. The number of hydrogen-bond acceptors (Lipinski definition) is 2. The standard InChI is InChI=1S/C18H23NO/c1-12-6-8-17(13(2)10-12)15(4)19-18-9-7-16(20-5)11-14(18)3/h6-11,15,19H,1-5H3. The SMILES string of the molecule is COc1ccc(NC(C)c2ccc(C)cc2C)c(C)c1. The van der Waals surface area contributed by atoms with Crippen LogP contribution in [0.2, 0.25) is 0 Å². The molecule has 20 heavy (non-hydrogen) atoms. The summed E-state index contributed by atoms with van der Waals surface area (Å²) in [5.74, 6) is 0.896. The van der Waals surface area contributed by atoms with E-state index in [0.29, 0.717) is 0 Å². The van der Waals surface area contributed by atoms with Gasteiger partial charge in [-0.1, -0.05) is 23.8 Å². The van der Waals surface area contributed by atoms with Crippen LogP contribution in [-0.2, 0) is 0 Å². The van der Waals surface area contributed by atoms with E-state index in [2.05, 4.69) is 63.3 Å². The summed E-state index contributed by atoms with van der Waals surface area (Å²) >= 11 is 0. The average Bonchev–Trinajstić information content (AvgIpc) is 2.40. The van der Waals surface area contributed by atoms with Gasteiger partial charge in [0, 0.05) is 11.7 Å². The molecule has 0 bridgehead atoms. The van der Waals surface area contributed by atoms with Crippen molar-refractivity contribution in [3.8, 4) is 5.75 Å². The van der Waals surface area contributed by atoms with Crippen molar-refractivity contribution in [2.24, 2.45) is 0 Å². The Kier molecular flexibility index (Phi) is 4.33. The Morgan fingerprint density at radius 2 is 1.70 bits per heavy atom. The maximum Gasteiger partial charge on any atom is 0.119 e. The number of rotatable bonds is 4. The zero-order chi connectivity index (χ0) is 14.7. The number of anilines is 1. The van der Waals surface area contributed by atoms with Crippen LogP contribution < -0.4 is 10.1 Å². The molecular weight excluding hydrogens is 246 g/mol. The van der Waals surface area contributed by atoms with E-state index in [1.54, 1.807) is 7.11 Å². The molecule has 2 aromatic rings. The molecule has 106 valence electrons. The van der Waals surface area contributed by atoms with Crippen LogP contribution in [0.15, 0.2) is 36.4 Å². The van der Waals surface area contributed by atoms with Crippen molar-refractivity contribution in [2.75, 3.05) is 12.4 Å². The largest absolute Gasteiger partial charge is 0.497 e. The van der Waals surface area contributed by atoms with E-state index in [-0.39, 0.29) is 6.04 Å². The molecule has 2 nitrogen and oxygen atoms in total. The van der Waals surface area contributed by atoms with Crippen molar-refractivity contribution in [3.63, 3.8) is 0 Å². The summed E-state index contributed by atoms with van der Waals surface area (Å²) < 4.78 is 5.24. The van der Waals surface area contributed by atoms with Gasteiger partial charge >= 0.3 is 0 Å². The average molecular weight is 269 g/mol. The van der Waals surface area contributed by atoms with Crippen LogP contribution in [0.4, 0.5) is 5.69 Å². The molecule has 0 aromatic heterocycles. The zero-order valence-corrected chi connectivity index (χ0v) is 12.9. The molecule has 1 N–H and O–H groups in total. The third kappa shape index (κ3) is 3.13. The molecule has 2 aromatic carbocycles. The van der Waals surface area contributed by atoms with E-state index in [9.17, 15) is 0 Å². The molecule has 2 rings (SSSR count). The number of methoxy groups -OCH3 is 1. The van der Waals surface area contributed by atoms with E-state index in [1.165, 1.54) is 22.3 Å². The first-order chi connectivity index (χ1) is 9.51. The summed E-state index contributed by atoms with van der Waals surface area (Å²) in [7, 11) is 1.69. The first-order valence-electron chi connectivity index (χ1n) is 6.99. The predicted molar refractivity (Wildman–Crippen MR) is 85.7 cm³/mol. The topological polar surface area (TPSA) is 21.3 Å². The van der Waals surface area contributed by atoms with Crippen LogP contribution in [-0.4, -0.2) is 7.11 Å². The predicted octanol–water partition coefficient (Wildman–Crippen LogP) is 4.79. The Bertz CT molecular complexity index is 604. The molecule has 0 fully saturated rings. The fourth-order valence-electron chi connectivity index (χ4n) is 2.55. The third-order valence-electron chi connectivity index (χ3n) is 3.70. The number of aryl methyl sites for hydroxylation is 3. The molecule has 0 aliphatic rings. The van der Waals surface area contributed by atoms with Crippen molar-refractivity contribution in [1.29, 1.82) is 0 Å². The lowest BCUT2D eigenvalue weighted by Gasteiger charge is -2.20. The van der Waals surface area contributed by atoms with Crippen molar-refractivity contribution in [1.82, 2.24) is 0 Å². The maximum atomic E-state index is 5.24. The first-order valence-corrected chi connectivity index (χ1v) is 6.99. The molecule has 0 amide bonds. The van der Waals surface area contributed by atoms with Crippen molar-refractivity contribution in [3.05, 3.63) is 58.7 Å². The van der Waals surface area contributed by atoms with E-state index in [0.717, 1.165) is 11.4 Å². The first kappa shape index (κ1) is 14.4. The molecule has 0 aliphatic heterocycles. The molecule has 0 saturated carbocycles. The molecule has 0 heterocycles. The van der Waals surface area contributed by atoms with Gasteiger partial charge in [0.1, 0.15) is 5.75 Å². The number of ether oxygens (including phenoxy) is 1. The van der Waals surface area contributed by atoms with Gasteiger partial charge in [-0.05, 0) is 62.6 Å². The normalized spacial score (nSPS) is 12.1. The molecular formula is C18H23NO. The van der Waals surface area contributed by atoms with Gasteiger partial charge in [-0.2, -0.15) is 0 Å². The fraction of sp³-hybridized carbons (Fsp3) is 0.333. The van der Waals surface area contributed by atoms with Crippen molar-refractivity contribution in [2.45, 2.75) is 33.7 Å². The highest BCUT2D eigenvalue weighted by atomic mass is 16.5. The van der Waals surface area contributed by atoms with Crippen LogP contribution >= 0.6 is 0 Å². The minimum atomic E-state index is 0.280. The summed E-state index contributed by atoms with van der Waals surface area (Å²) in [5.41, 5.74) is 6.32. The van der Waals surface area contributed by atoms with Crippen LogP contribution in [0.3, 0.4) is 0 Å². The second-order valence-electron chi connectivity index (χ2n) is 5.41. The van der Waals surface area contributed by atoms with Crippen LogP contribution in [0, 0.1) is 20.8 Å². The Morgan fingerprint density at radius 3 is 2.30 bits per heavy atom. The summed E-state index contributed by atoms with van der Waals surface area (Å²) in [5, 5.41) is 3.58. The van der Waals surface area contributed by atoms with Crippen LogP contribution in [0.1, 0.15) is 35.2 Å². The Labute approximate surface area is 121 Å². The minimum Gasteiger partial charge on any atom is -0.497 e. The van der Waals surface area contributed by atoms with E-state index >= 15 is 0 Å². The lowest BCUT2D eigenvalue weighted by atomic mass is 10.00. The van der Waals surface area contributed by atoms with Crippen LogP contribution in [0.5, 0.6) is 5.75 Å². The van der Waals surface area contributed by atoms with E-state index in [1.807, 2.05) is 6.07 Å². The van der Waals surface area contributed by atoms with Gasteiger partial charge in [0.05, 0.1) is 7.11 Å². The van der Waals surface area contributed by atoms with Gasteiger partial charge in [0.15, 0.2) is 0 Å². The second-order valence-corrected chi connectivity index (χ2v) is 5.41. The molecule has 0 radical (unpaired) electrons. The smallest absolute Gasteiger partial charge is 0.119 e. The summed E-state index contributed by atoms with van der Waals surface area (Å²) in [4.78, 5) is 0. The molecule has 0 spiro atoms. The molecule has 1 unspecified atom stereocenters. The second kappa shape index (κ2) is 6.00. The van der Waals surface area contributed by atoms with E-state index in [4.69, 9.17) is 4.74 Å². The molecule has 2 heteroatoms. The lowest BCUT2D eigenvalue weighted by Crippen LogP contribution is -2.09. The molecule has 1 atom stereocenters. The number of benzene rings is 2. The highest BCUT2D eigenvalue weighted by Crippen LogP contribution is 2.27. The maximum absolute atomic E-state index is 5.24. The minimum absolute atomic E-state index is 0.280. The van der Waals surface area contributed by atoms with Gasteiger partial charge in [0.25, 0.3) is 0 Å². The van der Waals surface area contributed by atoms with Gasteiger partial charge in [0.2, 0.25) is 0 Å². The fourth-order valence-corrected chi connectivity index (χ4v) is 2.55. The molecule has 0 aliphatic carbocycles. The summed E-state index contributed by atoms with van der Waals surface area (Å²) in [6.07, 6.45) is 0. The monoisotopic (exact) mass is 269 g/mol. The van der Waals surface area contributed by atoms with Gasteiger partial charge in [-0.3, -0.25) is 0 Å². The summed E-state index contributed by atoms with van der Waals surface area (Å²) in [6, 6.07) is 13.0. The summed E-state index contributed by atoms with van der Waals surface area (Å²) in [6.45, 7) is 8.59. The van der Waals surface area contributed by atoms with Crippen molar-refractivity contribution >= 4 is 5.69 Å². The van der Waals surface area contributed by atoms with Crippen LogP contribution in [0.25, 0.3) is 0 Å². The van der Waals surface area contributed by atoms with Gasteiger partial charge in [-0.25, -0.2) is 0 Å². The number of nitrogens with one attached hydrogen (secondary N) is 1. The Morgan fingerprint density at radius 1 is 0.950 bits per heavy atom. The van der Waals surface area contributed by atoms with Crippen molar-refractivity contribution < 1.29 is 4.74 Å². The van der Waals surface area contributed by atoms with Gasteiger partial charge < -0.3 is 10.1 Å². The Balaban J connectivity index is 2.21.